The Balaban J connectivity index is 1.87. The highest BCUT2D eigenvalue weighted by Crippen LogP contribution is 2.25. The fourth-order valence-electron chi connectivity index (χ4n) is 2.30. The maximum absolute atomic E-state index is 11.2. The first-order chi connectivity index (χ1) is 10.2. The van der Waals surface area contributed by atoms with E-state index in [-0.39, 0.29) is 0 Å². The average Bonchev–Trinajstić information content (AvgIpc) is 2.84. The molecule has 0 saturated heterocycles. The fourth-order valence-corrected chi connectivity index (χ4v) is 2.30. The van der Waals surface area contributed by atoms with Crippen LogP contribution >= 0.6 is 0 Å². The normalized spacial score (nSPS) is 10.9. The Morgan fingerprint density at radius 1 is 1.43 bits per heavy atom. The van der Waals surface area contributed by atoms with E-state index in [9.17, 15) is 4.79 Å². The summed E-state index contributed by atoms with van der Waals surface area (Å²) < 4.78 is 4.97. The molecule has 2 heterocycles. The van der Waals surface area contributed by atoms with E-state index in [1.807, 2.05) is 6.07 Å². The number of rotatable bonds is 4. The number of H-pyrrole nitrogens is 1. The van der Waals surface area contributed by atoms with Crippen molar-refractivity contribution in [3.05, 3.63) is 52.3 Å². The third kappa shape index (κ3) is 2.60. The van der Waals surface area contributed by atoms with Crippen molar-refractivity contribution in [3.63, 3.8) is 0 Å². The highest BCUT2D eigenvalue weighted by atomic mass is 16.4. The van der Waals surface area contributed by atoms with Gasteiger partial charge in [-0.2, -0.15) is 0 Å². The van der Waals surface area contributed by atoms with Crippen LogP contribution in [0, 0.1) is 0 Å². The fraction of sp³-hybridized carbons (Fsp3) is 0.200. The van der Waals surface area contributed by atoms with Crippen molar-refractivity contribution in [2.75, 3.05) is 11.1 Å². The first kappa shape index (κ1) is 13.2. The summed E-state index contributed by atoms with van der Waals surface area (Å²) in [5, 5.41) is 3.25. The molecule has 0 radical (unpaired) electrons. The zero-order chi connectivity index (χ0) is 14.8. The summed E-state index contributed by atoms with van der Waals surface area (Å²) in [5.74, 6) is -0.487. The van der Waals surface area contributed by atoms with Crippen LogP contribution in [-0.4, -0.2) is 9.97 Å². The van der Waals surface area contributed by atoms with E-state index in [1.165, 1.54) is 5.56 Å². The number of nitrogens with zero attached hydrogens (tertiary/aromatic N) is 1. The Bertz CT molecular complexity index is 835. The van der Waals surface area contributed by atoms with Gasteiger partial charge < -0.3 is 15.5 Å². The molecule has 0 saturated carbocycles. The van der Waals surface area contributed by atoms with Gasteiger partial charge in [-0.15, -0.1) is 0 Å². The highest BCUT2D eigenvalue weighted by Gasteiger charge is 2.08. The number of benzene rings is 1. The van der Waals surface area contributed by atoms with Crippen LogP contribution in [0.25, 0.3) is 11.1 Å². The van der Waals surface area contributed by atoms with Gasteiger partial charge in [-0.05, 0) is 24.1 Å². The molecule has 3 aromatic rings. The molecule has 0 spiro atoms. The van der Waals surface area contributed by atoms with Crippen molar-refractivity contribution in [2.45, 2.75) is 19.9 Å². The van der Waals surface area contributed by atoms with Crippen molar-refractivity contribution in [3.8, 4) is 0 Å². The van der Waals surface area contributed by atoms with Crippen molar-refractivity contribution in [1.29, 1.82) is 0 Å². The van der Waals surface area contributed by atoms with Gasteiger partial charge in [0.1, 0.15) is 0 Å². The molecule has 4 N–H and O–H groups in total. The number of oxazole rings is 1. The molecule has 6 heteroatoms. The number of nitrogens with two attached hydrogens (primary N) is 1. The maximum atomic E-state index is 11.2. The lowest BCUT2D eigenvalue weighted by Gasteiger charge is -2.11. The molecule has 0 aliphatic heterocycles. The van der Waals surface area contributed by atoms with Crippen LogP contribution in [0.3, 0.4) is 0 Å². The van der Waals surface area contributed by atoms with Crippen molar-refractivity contribution >= 4 is 22.5 Å². The molecule has 3 rings (SSSR count). The van der Waals surface area contributed by atoms with Gasteiger partial charge in [0.05, 0.1) is 29.1 Å². The van der Waals surface area contributed by atoms with Crippen LogP contribution in [0.2, 0.25) is 0 Å². The van der Waals surface area contributed by atoms with Gasteiger partial charge in [0.25, 0.3) is 0 Å². The van der Waals surface area contributed by atoms with Crippen LogP contribution in [-0.2, 0) is 13.0 Å². The van der Waals surface area contributed by atoms with E-state index >= 15 is 0 Å². The predicted molar refractivity (Wildman–Crippen MR) is 82.2 cm³/mol. The smallest absolute Gasteiger partial charge is 0.408 e. The Morgan fingerprint density at radius 2 is 2.29 bits per heavy atom. The van der Waals surface area contributed by atoms with Gasteiger partial charge in [-0.25, -0.2) is 4.79 Å². The molecule has 2 aromatic heterocycles. The number of aromatic amines is 1. The van der Waals surface area contributed by atoms with Gasteiger partial charge in [0.2, 0.25) is 0 Å². The molecular formula is C15H16N4O2. The van der Waals surface area contributed by atoms with Gasteiger partial charge in [0, 0.05) is 12.3 Å². The lowest BCUT2D eigenvalue weighted by Crippen LogP contribution is -2.06. The molecule has 21 heavy (non-hydrogen) atoms. The van der Waals surface area contributed by atoms with E-state index < -0.39 is 5.76 Å². The number of aryl methyl sites for hydroxylation is 1. The number of pyridine rings is 1. The van der Waals surface area contributed by atoms with Gasteiger partial charge in [-0.3, -0.25) is 9.97 Å². The van der Waals surface area contributed by atoms with Crippen molar-refractivity contribution < 1.29 is 4.42 Å². The van der Waals surface area contributed by atoms with Gasteiger partial charge in [-0.1, -0.05) is 13.0 Å². The molecule has 0 bridgehead atoms. The summed E-state index contributed by atoms with van der Waals surface area (Å²) >= 11 is 0. The Hall–Kier alpha value is -2.76. The monoisotopic (exact) mass is 284 g/mol. The minimum Gasteiger partial charge on any atom is -0.408 e. The first-order valence-electron chi connectivity index (χ1n) is 6.76. The lowest BCUT2D eigenvalue weighted by molar-refractivity contribution is 0.555. The van der Waals surface area contributed by atoms with Crippen LogP contribution in [0.15, 0.2) is 39.7 Å². The number of aromatic nitrogens is 2. The highest BCUT2D eigenvalue weighted by molar-refractivity contribution is 5.85. The first-order valence-corrected chi connectivity index (χ1v) is 6.76. The SMILES string of the molecule is CCc1cccnc1CNc1cc2[nH]c(=O)oc2cc1N. The summed E-state index contributed by atoms with van der Waals surface area (Å²) in [7, 11) is 0. The van der Waals surface area contributed by atoms with Crippen molar-refractivity contribution in [1.82, 2.24) is 9.97 Å². The number of nitrogen functional groups attached to an aromatic ring is 1. The number of nitrogens with one attached hydrogen (secondary N) is 2. The molecular weight excluding hydrogens is 268 g/mol. The largest absolute Gasteiger partial charge is 0.417 e. The molecule has 0 atom stereocenters. The summed E-state index contributed by atoms with van der Waals surface area (Å²) in [6.07, 6.45) is 2.70. The summed E-state index contributed by atoms with van der Waals surface area (Å²) in [6.45, 7) is 2.67. The predicted octanol–water partition coefficient (Wildman–Crippen LogP) is 2.27. The third-order valence-corrected chi connectivity index (χ3v) is 3.40. The van der Waals surface area contributed by atoms with Crippen molar-refractivity contribution in [2.24, 2.45) is 0 Å². The molecule has 0 fully saturated rings. The van der Waals surface area contributed by atoms with Crippen LogP contribution < -0.4 is 16.8 Å². The third-order valence-electron chi connectivity index (χ3n) is 3.40. The minimum atomic E-state index is -0.487. The summed E-state index contributed by atoms with van der Waals surface area (Å²) in [5.41, 5.74) is 10.5. The standard InChI is InChI=1S/C15H16N4O2/c1-2-9-4-3-5-17-13(9)8-18-11-7-12-14(6-10(11)16)21-15(20)19-12/h3-7,18H,2,8,16H2,1H3,(H,19,20). The molecule has 108 valence electrons. The minimum absolute atomic E-state index is 0.454. The Morgan fingerprint density at radius 3 is 3.10 bits per heavy atom. The van der Waals surface area contributed by atoms with E-state index in [4.69, 9.17) is 10.2 Å². The number of fused-ring (bicyclic) bond motifs is 1. The molecule has 0 aliphatic rings. The Labute approximate surface area is 121 Å². The summed E-state index contributed by atoms with van der Waals surface area (Å²) in [6, 6.07) is 7.39. The average molecular weight is 284 g/mol. The topological polar surface area (TPSA) is 96.9 Å². The maximum Gasteiger partial charge on any atom is 0.417 e. The van der Waals surface area contributed by atoms with E-state index in [0.717, 1.165) is 17.8 Å². The second-order valence-corrected chi connectivity index (χ2v) is 4.77. The van der Waals surface area contributed by atoms with Crippen LogP contribution in [0.5, 0.6) is 0 Å². The van der Waals surface area contributed by atoms with Gasteiger partial charge >= 0.3 is 5.76 Å². The quantitative estimate of drug-likeness (QED) is 0.638. The molecule has 1 aromatic carbocycles. The summed E-state index contributed by atoms with van der Waals surface area (Å²) in [4.78, 5) is 18.2. The van der Waals surface area contributed by atoms with Crippen LogP contribution in [0.1, 0.15) is 18.2 Å². The van der Waals surface area contributed by atoms with E-state index in [2.05, 4.69) is 28.3 Å². The zero-order valence-electron chi connectivity index (χ0n) is 11.6. The van der Waals surface area contributed by atoms with E-state index in [1.54, 1.807) is 18.3 Å². The second kappa shape index (κ2) is 5.32. The second-order valence-electron chi connectivity index (χ2n) is 4.77. The van der Waals surface area contributed by atoms with E-state index in [0.29, 0.717) is 23.3 Å². The number of hydrogen-bond donors (Lipinski definition) is 3. The molecule has 0 aliphatic carbocycles. The number of hydrogen-bond acceptors (Lipinski definition) is 5. The molecule has 0 unspecified atom stereocenters. The number of anilines is 2. The Kier molecular flexibility index (Phi) is 3.35. The molecule has 6 nitrogen and oxygen atoms in total. The molecule has 0 amide bonds. The van der Waals surface area contributed by atoms with Gasteiger partial charge in [0.15, 0.2) is 5.58 Å². The van der Waals surface area contributed by atoms with Crippen LogP contribution in [0.4, 0.5) is 11.4 Å². The zero-order valence-corrected chi connectivity index (χ0v) is 11.6. The lowest BCUT2D eigenvalue weighted by atomic mass is 10.1.